The minimum absolute atomic E-state index is 0.652. The van der Waals surface area contributed by atoms with E-state index in [1.807, 2.05) is 12.1 Å². The van der Waals surface area contributed by atoms with Gasteiger partial charge in [-0.15, -0.1) is 0 Å². The van der Waals surface area contributed by atoms with Gasteiger partial charge in [-0.2, -0.15) is 0 Å². The van der Waals surface area contributed by atoms with Crippen molar-refractivity contribution in [1.82, 2.24) is 0 Å². The van der Waals surface area contributed by atoms with E-state index in [-0.39, 0.29) is 0 Å². The second kappa shape index (κ2) is 8.19. The topological polar surface area (TPSA) is 7.60 Å². The Bertz CT molecular complexity index is 1410. The van der Waals surface area contributed by atoms with Crippen molar-refractivity contribution < 1.29 is 0 Å². The van der Waals surface area contributed by atoms with Crippen LogP contribution in [-0.2, 0) is 0 Å². The Hall–Kier alpha value is -4.39. The lowest BCUT2D eigenvalue weighted by Gasteiger charge is -2.45. The lowest BCUT2D eigenvalue weighted by Crippen LogP contribution is -2.77. The van der Waals surface area contributed by atoms with Crippen molar-refractivity contribution in [3.63, 3.8) is 0 Å². The molecule has 0 unspecified atom stereocenters. The van der Waals surface area contributed by atoms with Gasteiger partial charge in [-0.3, -0.25) is 0 Å². The average molecular weight is 451 g/mol. The van der Waals surface area contributed by atoms with E-state index in [2.05, 4.69) is 131 Å². The van der Waals surface area contributed by atoms with Gasteiger partial charge >= 0.3 is 0 Å². The van der Waals surface area contributed by atoms with E-state index in [0.29, 0.717) is 5.69 Å². The van der Waals surface area contributed by atoms with Crippen LogP contribution in [0.1, 0.15) is 0 Å². The summed E-state index contributed by atoms with van der Waals surface area (Å²) in [7, 11) is -2.56. The summed E-state index contributed by atoms with van der Waals surface area (Å²) < 4.78 is 0. The number of benzene rings is 5. The highest BCUT2D eigenvalue weighted by Gasteiger charge is 2.48. The molecule has 0 bridgehead atoms. The van der Waals surface area contributed by atoms with Crippen molar-refractivity contribution in [1.29, 1.82) is 0 Å². The van der Waals surface area contributed by atoms with E-state index in [1.54, 1.807) is 0 Å². The molecule has 0 saturated heterocycles. The third-order valence-corrected chi connectivity index (χ3v) is 11.6. The molecule has 1 heterocycles. The summed E-state index contributed by atoms with van der Waals surface area (Å²) in [6, 6.07) is 47.7. The van der Waals surface area contributed by atoms with Crippen LogP contribution in [0.5, 0.6) is 0 Å². The van der Waals surface area contributed by atoms with Crippen LogP contribution in [-0.4, -0.2) is 8.07 Å². The Morgan fingerprint density at radius 1 is 0.500 bits per heavy atom. The Morgan fingerprint density at radius 3 is 1.41 bits per heavy atom. The van der Waals surface area contributed by atoms with Crippen molar-refractivity contribution >= 4 is 51.6 Å². The highest BCUT2D eigenvalue weighted by Crippen LogP contribution is 2.38. The highest BCUT2D eigenvalue weighted by molar-refractivity contribution is 7.21. The van der Waals surface area contributed by atoms with Gasteiger partial charge in [0.05, 0.1) is 6.57 Å². The van der Waals surface area contributed by atoms with E-state index >= 15 is 0 Å². The van der Waals surface area contributed by atoms with Crippen LogP contribution in [0.4, 0.5) is 22.7 Å². The zero-order valence-corrected chi connectivity index (χ0v) is 19.6. The van der Waals surface area contributed by atoms with Crippen LogP contribution in [0.15, 0.2) is 133 Å². The number of hydrogen-bond acceptors (Lipinski definition) is 1. The maximum absolute atomic E-state index is 7.35. The minimum atomic E-state index is -2.56. The molecule has 0 fully saturated rings. The summed E-state index contributed by atoms with van der Waals surface area (Å²) in [5.41, 5.74) is 4.13. The van der Waals surface area contributed by atoms with Crippen LogP contribution in [0.3, 0.4) is 0 Å². The summed E-state index contributed by atoms with van der Waals surface area (Å²) in [4.78, 5) is 5.94. The highest BCUT2D eigenvalue weighted by atomic mass is 28.3. The number of para-hydroxylation sites is 2. The van der Waals surface area contributed by atoms with E-state index in [9.17, 15) is 0 Å². The van der Waals surface area contributed by atoms with Gasteiger partial charge < -0.3 is 4.90 Å². The molecule has 1 aliphatic heterocycles. The van der Waals surface area contributed by atoms with Gasteiger partial charge in [0.1, 0.15) is 0 Å². The third kappa shape index (κ3) is 2.93. The van der Waals surface area contributed by atoms with Gasteiger partial charge in [-0.25, -0.2) is 4.85 Å². The fourth-order valence-electron chi connectivity index (χ4n) is 5.37. The normalized spacial score (nSPS) is 13.4. The number of rotatable bonds is 3. The molecule has 0 saturated carbocycles. The zero-order valence-electron chi connectivity index (χ0n) is 18.6. The first-order chi connectivity index (χ1) is 16.8. The van der Waals surface area contributed by atoms with Gasteiger partial charge in [-0.1, -0.05) is 109 Å². The second-order valence-corrected chi connectivity index (χ2v) is 12.2. The molecule has 2 nitrogen and oxygen atoms in total. The molecule has 3 heteroatoms. The van der Waals surface area contributed by atoms with Crippen LogP contribution in [0.2, 0.25) is 0 Å². The Labute approximate surface area is 201 Å². The molecule has 0 spiro atoms. The van der Waals surface area contributed by atoms with Gasteiger partial charge in [0, 0.05) is 17.1 Å². The summed E-state index contributed by atoms with van der Waals surface area (Å²) in [6.45, 7) is 7.35. The molecule has 6 rings (SSSR count). The van der Waals surface area contributed by atoms with E-state index in [0.717, 1.165) is 5.69 Å². The smallest absolute Gasteiger partial charge is 0.187 e. The molecule has 0 aliphatic carbocycles. The lowest BCUT2D eigenvalue weighted by molar-refractivity contribution is 1.29. The van der Waals surface area contributed by atoms with Gasteiger partial charge in [-0.05, 0) is 45.0 Å². The molecule has 0 atom stereocenters. The first-order valence-corrected chi connectivity index (χ1v) is 13.4. The molecule has 0 amide bonds. The number of anilines is 3. The van der Waals surface area contributed by atoms with E-state index in [4.69, 9.17) is 6.57 Å². The first-order valence-electron chi connectivity index (χ1n) is 11.4. The first kappa shape index (κ1) is 20.2. The molecule has 0 radical (unpaired) electrons. The molecule has 0 N–H and O–H groups in total. The van der Waals surface area contributed by atoms with Gasteiger partial charge in [0.2, 0.25) is 0 Å². The molecular formula is C31H22N2Si. The molecule has 34 heavy (non-hydrogen) atoms. The quantitative estimate of drug-likeness (QED) is 0.259. The fraction of sp³-hybridized carbons (Fsp3) is 0. The maximum atomic E-state index is 7.35. The van der Waals surface area contributed by atoms with Crippen LogP contribution >= 0.6 is 0 Å². The third-order valence-electron chi connectivity index (χ3n) is 6.75. The van der Waals surface area contributed by atoms with Crippen LogP contribution in [0.25, 0.3) is 4.85 Å². The number of fused-ring (bicyclic) bond motifs is 2. The average Bonchev–Trinajstić information content (AvgIpc) is 2.93. The molecule has 5 aromatic carbocycles. The molecule has 5 aromatic rings. The Balaban J connectivity index is 1.74. The molecule has 0 aromatic heterocycles. The van der Waals surface area contributed by atoms with Crippen molar-refractivity contribution in [3.8, 4) is 0 Å². The largest absolute Gasteiger partial charge is 0.311 e. The summed E-state index contributed by atoms with van der Waals surface area (Å²) in [6.07, 6.45) is 0. The van der Waals surface area contributed by atoms with E-state index < -0.39 is 8.07 Å². The number of hydrogen-bond donors (Lipinski definition) is 0. The van der Waals surface area contributed by atoms with E-state index in [1.165, 1.54) is 32.1 Å². The molecule has 1 aliphatic rings. The van der Waals surface area contributed by atoms with Gasteiger partial charge in [0.25, 0.3) is 0 Å². The second-order valence-electron chi connectivity index (χ2n) is 8.48. The van der Waals surface area contributed by atoms with Crippen molar-refractivity contribution in [3.05, 3.63) is 145 Å². The summed E-state index contributed by atoms with van der Waals surface area (Å²) >= 11 is 0. The van der Waals surface area contributed by atoms with Crippen LogP contribution < -0.4 is 25.6 Å². The minimum Gasteiger partial charge on any atom is -0.311 e. The van der Waals surface area contributed by atoms with Crippen molar-refractivity contribution in [2.24, 2.45) is 0 Å². The fourth-order valence-corrected chi connectivity index (χ4v) is 10.5. The van der Waals surface area contributed by atoms with Gasteiger partial charge in [0.15, 0.2) is 13.8 Å². The monoisotopic (exact) mass is 450 g/mol. The standard InChI is InChI=1S/C31H22N2Si/c1-32-24-20-22-25(23-21-24)33-28-16-8-10-18-30(28)34(26-12-4-2-5-13-26,27-14-6-3-7-15-27)31-19-11-9-17-29(31)33/h2-23H. The van der Waals surface area contributed by atoms with Crippen LogP contribution in [0, 0.1) is 6.57 Å². The number of nitrogens with zero attached hydrogens (tertiary/aromatic N) is 2. The van der Waals surface area contributed by atoms with Crippen molar-refractivity contribution in [2.45, 2.75) is 0 Å². The maximum Gasteiger partial charge on any atom is 0.187 e. The molecular weight excluding hydrogens is 428 g/mol. The summed E-state index contributed by atoms with van der Waals surface area (Å²) in [5, 5.41) is 5.51. The predicted molar refractivity (Wildman–Crippen MR) is 145 cm³/mol. The Morgan fingerprint density at radius 2 is 0.941 bits per heavy atom. The molecule has 160 valence electrons. The predicted octanol–water partition coefficient (Wildman–Crippen LogP) is 5.40. The zero-order chi connectivity index (χ0) is 23.0. The lowest BCUT2D eigenvalue weighted by atomic mass is 10.1. The summed E-state index contributed by atoms with van der Waals surface area (Å²) in [5.74, 6) is 0. The van der Waals surface area contributed by atoms with Crippen molar-refractivity contribution in [2.75, 3.05) is 4.90 Å². The SMILES string of the molecule is [C-]#[N+]c1ccc(N2c3ccccc3[Si](c3ccccc3)(c3ccccc3)c3ccccc32)cc1. The Kier molecular flexibility index (Phi) is 4.87.